The molecule has 0 bridgehead atoms. The molecule has 21 heavy (non-hydrogen) atoms. The Morgan fingerprint density at radius 3 is 2.76 bits per heavy atom. The molecule has 2 unspecified atom stereocenters. The van der Waals surface area contributed by atoms with Gasteiger partial charge < -0.3 is 15.2 Å². The van der Waals surface area contributed by atoms with Gasteiger partial charge in [0.25, 0.3) is 0 Å². The Bertz CT molecular complexity index is 470. The first-order valence-electron chi connectivity index (χ1n) is 7.59. The lowest BCUT2D eigenvalue weighted by Crippen LogP contribution is -2.45. The molecule has 0 amide bonds. The Kier molecular flexibility index (Phi) is 5.73. The van der Waals surface area contributed by atoms with Gasteiger partial charge in [0.2, 0.25) is 0 Å². The molecular formula is C16H25ClN2O2. The molecule has 2 atom stereocenters. The van der Waals surface area contributed by atoms with Gasteiger partial charge in [-0.2, -0.15) is 0 Å². The van der Waals surface area contributed by atoms with Crippen molar-refractivity contribution in [1.29, 1.82) is 0 Å². The molecule has 3 rings (SSSR count). The number of hydrogen-bond donors (Lipinski definition) is 1. The highest BCUT2D eigenvalue weighted by molar-refractivity contribution is 5.85. The van der Waals surface area contributed by atoms with Gasteiger partial charge in [-0.25, -0.2) is 0 Å². The van der Waals surface area contributed by atoms with Crippen molar-refractivity contribution in [3.8, 4) is 11.5 Å². The molecule has 0 radical (unpaired) electrons. The molecule has 0 saturated carbocycles. The molecule has 2 N–H and O–H groups in total. The molecule has 0 aromatic heterocycles. The second-order valence-electron chi connectivity index (χ2n) is 5.97. The average Bonchev–Trinajstić information content (AvgIpc) is 2.49. The van der Waals surface area contributed by atoms with Crippen LogP contribution in [0.2, 0.25) is 0 Å². The second kappa shape index (κ2) is 7.34. The minimum absolute atomic E-state index is 0. The summed E-state index contributed by atoms with van der Waals surface area (Å²) >= 11 is 0. The summed E-state index contributed by atoms with van der Waals surface area (Å²) in [6.07, 6.45) is 2.47. The summed E-state index contributed by atoms with van der Waals surface area (Å²) in [6.45, 7) is 6.44. The number of benzene rings is 1. The lowest BCUT2D eigenvalue weighted by atomic mass is 9.92. The summed E-state index contributed by atoms with van der Waals surface area (Å²) in [4.78, 5) is 2.51. The van der Waals surface area contributed by atoms with E-state index in [0.29, 0.717) is 19.3 Å². The van der Waals surface area contributed by atoms with Crippen LogP contribution in [0.4, 0.5) is 0 Å². The third-order valence-electron chi connectivity index (χ3n) is 4.36. The summed E-state index contributed by atoms with van der Waals surface area (Å²) in [5.41, 5.74) is 7.21. The quantitative estimate of drug-likeness (QED) is 0.931. The predicted molar refractivity (Wildman–Crippen MR) is 86.3 cm³/mol. The van der Waals surface area contributed by atoms with Crippen LogP contribution in [0.25, 0.3) is 0 Å². The highest BCUT2D eigenvalue weighted by Crippen LogP contribution is 2.32. The van der Waals surface area contributed by atoms with E-state index in [1.54, 1.807) is 0 Å². The van der Waals surface area contributed by atoms with Crippen LogP contribution >= 0.6 is 12.4 Å². The van der Waals surface area contributed by atoms with E-state index in [9.17, 15) is 0 Å². The molecule has 5 heteroatoms. The second-order valence-corrected chi connectivity index (χ2v) is 5.97. The number of nitrogens with two attached hydrogens (primary N) is 1. The van der Waals surface area contributed by atoms with Crippen molar-refractivity contribution in [2.75, 3.05) is 26.3 Å². The number of rotatable bonds is 3. The fourth-order valence-electron chi connectivity index (χ4n) is 3.17. The summed E-state index contributed by atoms with van der Waals surface area (Å²) in [6, 6.07) is 6.78. The summed E-state index contributed by atoms with van der Waals surface area (Å²) in [7, 11) is 0. The topological polar surface area (TPSA) is 47.7 Å². The lowest BCUT2D eigenvalue weighted by molar-refractivity contribution is 0.115. The van der Waals surface area contributed by atoms with Gasteiger partial charge in [0.15, 0.2) is 11.5 Å². The van der Waals surface area contributed by atoms with E-state index < -0.39 is 0 Å². The van der Waals surface area contributed by atoms with Crippen LogP contribution < -0.4 is 15.2 Å². The van der Waals surface area contributed by atoms with Crippen LogP contribution in [0.3, 0.4) is 0 Å². The molecule has 2 aliphatic rings. The number of fused-ring (bicyclic) bond motifs is 1. The normalized spacial score (nSPS) is 25.2. The number of likely N-dealkylation sites (tertiary alicyclic amines) is 1. The minimum atomic E-state index is 0. The van der Waals surface area contributed by atoms with Gasteiger partial charge in [-0.15, -0.1) is 12.4 Å². The smallest absolute Gasteiger partial charge is 0.161 e. The van der Waals surface area contributed by atoms with Gasteiger partial charge in [0.05, 0.1) is 0 Å². The maximum atomic E-state index is 5.93. The van der Waals surface area contributed by atoms with Gasteiger partial charge in [-0.05, 0) is 43.0 Å². The molecule has 1 fully saturated rings. The first kappa shape index (κ1) is 16.4. The van der Waals surface area contributed by atoms with Crippen molar-refractivity contribution in [2.24, 2.45) is 11.7 Å². The van der Waals surface area contributed by atoms with Crippen molar-refractivity contribution in [3.05, 3.63) is 23.8 Å². The molecule has 2 heterocycles. The predicted octanol–water partition coefficient (Wildman–Crippen LogP) is 2.44. The van der Waals surface area contributed by atoms with Gasteiger partial charge in [0.1, 0.15) is 13.2 Å². The van der Waals surface area contributed by atoms with E-state index >= 15 is 0 Å². The van der Waals surface area contributed by atoms with Crippen LogP contribution in [0, 0.1) is 5.92 Å². The number of nitrogens with zero attached hydrogens (tertiary/aromatic N) is 1. The summed E-state index contributed by atoms with van der Waals surface area (Å²) in [5, 5.41) is 0. The standard InChI is InChI=1S/C16H24N2O2.ClH/c1-12-4-5-18(14(8-12)10-17)11-13-2-3-15-16(9-13)20-7-6-19-15;/h2-3,9,12,14H,4-8,10-11,17H2,1H3;1H. The zero-order chi connectivity index (χ0) is 13.9. The zero-order valence-corrected chi connectivity index (χ0v) is 13.4. The SMILES string of the molecule is CC1CCN(Cc2ccc3c(c2)OCCO3)C(CN)C1.Cl. The molecule has 1 aromatic carbocycles. The summed E-state index contributed by atoms with van der Waals surface area (Å²) in [5.74, 6) is 2.53. The zero-order valence-electron chi connectivity index (χ0n) is 12.6. The van der Waals surface area contributed by atoms with Crippen molar-refractivity contribution in [3.63, 3.8) is 0 Å². The summed E-state index contributed by atoms with van der Waals surface area (Å²) < 4.78 is 11.2. The Hall–Kier alpha value is -0.970. The molecule has 118 valence electrons. The Labute approximate surface area is 133 Å². The van der Waals surface area contributed by atoms with Gasteiger partial charge in [-0.1, -0.05) is 13.0 Å². The van der Waals surface area contributed by atoms with Crippen LogP contribution in [-0.4, -0.2) is 37.2 Å². The van der Waals surface area contributed by atoms with Gasteiger partial charge in [-0.3, -0.25) is 4.90 Å². The molecule has 0 spiro atoms. The maximum Gasteiger partial charge on any atom is 0.161 e. The van der Waals surface area contributed by atoms with Crippen LogP contribution in [0.1, 0.15) is 25.3 Å². The maximum absolute atomic E-state index is 5.93. The molecular weight excluding hydrogens is 288 g/mol. The number of halogens is 1. The minimum Gasteiger partial charge on any atom is -0.486 e. The van der Waals surface area contributed by atoms with E-state index in [2.05, 4.69) is 24.0 Å². The van der Waals surface area contributed by atoms with Crippen molar-refractivity contribution in [1.82, 2.24) is 4.90 Å². The largest absolute Gasteiger partial charge is 0.486 e. The van der Waals surface area contributed by atoms with Crippen LogP contribution in [-0.2, 0) is 6.54 Å². The third kappa shape index (κ3) is 3.82. The van der Waals surface area contributed by atoms with E-state index in [-0.39, 0.29) is 12.4 Å². The fourth-order valence-corrected chi connectivity index (χ4v) is 3.17. The average molecular weight is 313 g/mol. The third-order valence-corrected chi connectivity index (χ3v) is 4.36. The Balaban J connectivity index is 0.00000161. The number of hydrogen-bond acceptors (Lipinski definition) is 4. The van der Waals surface area contributed by atoms with Gasteiger partial charge >= 0.3 is 0 Å². The van der Waals surface area contributed by atoms with E-state index in [0.717, 1.165) is 37.1 Å². The molecule has 2 aliphatic heterocycles. The molecule has 1 saturated heterocycles. The molecule has 4 nitrogen and oxygen atoms in total. The van der Waals surface area contributed by atoms with E-state index in [4.69, 9.17) is 15.2 Å². The van der Waals surface area contributed by atoms with Crippen molar-refractivity contribution in [2.45, 2.75) is 32.4 Å². The highest BCUT2D eigenvalue weighted by atomic mass is 35.5. The Morgan fingerprint density at radius 2 is 2.00 bits per heavy atom. The monoisotopic (exact) mass is 312 g/mol. The van der Waals surface area contributed by atoms with Crippen molar-refractivity contribution < 1.29 is 9.47 Å². The first-order chi connectivity index (χ1) is 9.76. The molecule has 0 aliphatic carbocycles. The van der Waals surface area contributed by atoms with E-state index in [1.165, 1.54) is 18.4 Å². The highest BCUT2D eigenvalue weighted by Gasteiger charge is 2.25. The first-order valence-corrected chi connectivity index (χ1v) is 7.59. The fraction of sp³-hybridized carbons (Fsp3) is 0.625. The number of ether oxygens (including phenoxy) is 2. The van der Waals surface area contributed by atoms with E-state index in [1.807, 2.05) is 6.07 Å². The van der Waals surface area contributed by atoms with Crippen LogP contribution in [0.5, 0.6) is 11.5 Å². The van der Waals surface area contributed by atoms with Crippen molar-refractivity contribution >= 4 is 12.4 Å². The Morgan fingerprint density at radius 1 is 1.24 bits per heavy atom. The van der Waals surface area contributed by atoms with Gasteiger partial charge in [0, 0.05) is 19.1 Å². The van der Waals surface area contributed by atoms with Crippen LogP contribution in [0.15, 0.2) is 18.2 Å². The number of piperidine rings is 1. The lowest BCUT2D eigenvalue weighted by Gasteiger charge is -2.38. The molecule has 1 aromatic rings.